The molecule has 0 bridgehead atoms. The molecule has 0 aliphatic rings. The van der Waals surface area contributed by atoms with Gasteiger partial charge in [-0.25, -0.2) is 13.8 Å². The zero-order valence-electron chi connectivity index (χ0n) is 11.1. The second kappa shape index (κ2) is 6.00. The first kappa shape index (κ1) is 14.9. The van der Waals surface area contributed by atoms with Crippen molar-refractivity contribution in [1.82, 2.24) is 9.55 Å². The normalized spacial score (nSPS) is 11.5. The summed E-state index contributed by atoms with van der Waals surface area (Å²) >= 11 is 1.12. The van der Waals surface area contributed by atoms with Gasteiger partial charge in [-0.2, -0.15) is 8.78 Å². The Hall–Kier alpha value is -2.02. The number of para-hydroxylation sites is 2. The van der Waals surface area contributed by atoms with Crippen molar-refractivity contribution in [3.63, 3.8) is 0 Å². The highest BCUT2D eigenvalue weighted by atomic mass is 32.2. The summed E-state index contributed by atoms with van der Waals surface area (Å²) in [5.41, 5.74) is 0.821. The van der Waals surface area contributed by atoms with Crippen LogP contribution in [-0.4, -0.2) is 9.55 Å². The summed E-state index contributed by atoms with van der Waals surface area (Å²) in [5.74, 6) is -1.59. The first-order chi connectivity index (χ1) is 10.6. The molecule has 22 heavy (non-hydrogen) atoms. The fourth-order valence-electron chi connectivity index (χ4n) is 2.13. The average Bonchev–Trinajstić information content (AvgIpc) is 2.87. The van der Waals surface area contributed by atoms with Crippen molar-refractivity contribution in [2.75, 3.05) is 0 Å². The smallest absolute Gasteiger partial charge is 0.269 e. The van der Waals surface area contributed by atoms with Crippen LogP contribution in [-0.2, 0) is 5.75 Å². The van der Waals surface area contributed by atoms with Crippen LogP contribution >= 0.6 is 11.8 Å². The summed E-state index contributed by atoms with van der Waals surface area (Å²) in [6, 6.07) is 10.0. The van der Waals surface area contributed by atoms with Crippen LogP contribution < -0.4 is 0 Å². The molecule has 0 atom stereocenters. The van der Waals surface area contributed by atoms with Gasteiger partial charge >= 0.3 is 6.55 Å². The van der Waals surface area contributed by atoms with Crippen molar-refractivity contribution >= 4 is 22.8 Å². The molecule has 0 aliphatic carbocycles. The standard InChI is InChI=1S/C15H10F4N2S/c16-10-6-5-9(7-11(10)17)22-8-14-20-12-3-1-2-4-13(12)21(14)15(18)19/h1-7,15H,8H2. The molecule has 0 fully saturated rings. The van der Waals surface area contributed by atoms with Crippen LogP contribution in [0.3, 0.4) is 0 Å². The summed E-state index contributed by atoms with van der Waals surface area (Å²) in [4.78, 5) is 4.63. The van der Waals surface area contributed by atoms with Crippen LogP contribution in [0.25, 0.3) is 11.0 Å². The van der Waals surface area contributed by atoms with E-state index in [1.165, 1.54) is 6.07 Å². The lowest BCUT2D eigenvalue weighted by Crippen LogP contribution is -2.03. The second-order valence-electron chi connectivity index (χ2n) is 4.53. The van der Waals surface area contributed by atoms with E-state index < -0.39 is 18.2 Å². The molecule has 3 rings (SSSR count). The molecule has 0 aliphatic heterocycles. The van der Waals surface area contributed by atoms with Crippen molar-refractivity contribution in [3.8, 4) is 0 Å². The zero-order valence-corrected chi connectivity index (χ0v) is 12.0. The van der Waals surface area contributed by atoms with Crippen molar-refractivity contribution in [1.29, 1.82) is 0 Å². The van der Waals surface area contributed by atoms with Gasteiger partial charge in [0.05, 0.1) is 16.8 Å². The van der Waals surface area contributed by atoms with Crippen molar-refractivity contribution in [3.05, 3.63) is 59.9 Å². The van der Waals surface area contributed by atoms with Crippen LogP contribution in [0, 0.1) is 11.6 Å². The molecule has 1 heterocycles. The molecule has 2 aromatic carbocycles. The van der Waals surface area contributed by atoms with Gasteiger partial charge < -0.3 is 0 Å². The molecular weight excluding hydrogens is 316 g/mol. The van der Waals surface area contributed by atoms with E-state index in [4.69, 9.17) is 0 Å². The topological polar surface area (TPSA) is 17.8 Å². The molecular formula is C15H10F4N2S. The molecule has 0 unspecified atom stereocenters. The Labute approximate surface area is 127 Å². The molecule has 7 heteroatoms. The van der Waals surface area contributed by atoms with Crippen LogP contribution in [0.4, 0.5) is 17.6 Å². The third-order valence-corrected chi connectivity index (χ3v) is 4.11. The molecule has 0 saturated heterocycles. The van der Waals surface area contributed by atoms with E-state index in [9.17, 15) is 17.6 Å². The predicted octanol–water partition coefficient (Wildman–Crippen LogP) is 5.00. The molecule has 0 spiro atoms. The Morgan fingerprint density at radius 3 is 2.55 bits per heavy atom. The van der Waals surface area contributed by atoms with Gasteiger partial charge in [-0.15, -0.1) is 11.8 Å². The van der Waals surface area contributed by atoms with Crippen molar-refractivity contribution < 1.29 is 17.6 Å². The van der Waals surface area contributed by atoms with Crippen LogP contribution in [0.5, 0.6) is 0 Å². The molecule has 0 saturated carbocycles. The van der Waals surface area contributed by atoms with Gasteiger partial charge in [0, 0.05) is 4.90 Å². The monoisotopic (exact) mass is 326 g/mol. The number of imidazole rings is 1. The molecule has 1 aromatic heterocycles. The first-order valence-corrected chi connectivity index (χ1v) is 7.36. The second-order valence-corrected chi connectivity index (χ2v) is 5.58. The zero-order chi connectivity index (χ0) is 15.7. The maximum Gasteiger partial charge on any atom is 0.320 e. The number of hydrogen-bond acceptors (Lipinski definition) is 2. The Morgan fingerprint density at radius 2 is 1.82 bits per heavy atom. The summed E-state index contributed by atoms with van der Waals surface area (Å²) in [6.07, 6.45) is 0. The Kier molecular flexibility index (Phi) is 4.06. The third kappa shape index (κ3) is 2.81. The van der Waals surface area contributed by atoms with Gasteiger partial charge in [0.15, 0.2) is 11.6 Å². The van der Waals surface area contributed by atoms with E-state index in [0.29, 0.717) is 15.9 Å². The largest absolute Gasteiger partial charge is 0.320 e. The molecule has 0 amide bonds. The van der Waals surface area contributed by atoms with Gasteiger partial charge in [0.25, 0.3) is 0 Å². The Bertz CT molecular complexity index is 816. The van der Waals surface area contributed by atoms with Crippen molar-refractivity contribution in [2.45, 2.75) is 17.2 Å². The maximum absolute atomic E-state index is 13.2. The summed E-state index contributed by atoms with van der Waals surface area (Å²) in [5, 5.41) is 0. The number of nitrogens with zero attached hydrogens (tertiary/aromatic N) is 2. The lowest BCUT2D eigenvalue weighted by Gasteiger charge is -2.07. The van der Waals surface area contributed by atoms with Gasteiger partial charge in [0.1, 0.15) is 5.82 Å². The average molecular weight is 326 g/mol. The van der Waals surface area contributed by atoms with Gasteiger partial charge in [-0.3, -0.25) is 4.57 Å². The number of hydrogen-bond donors (Lipinski definition) is 0. The molecule has 0 N–H and O–H groups in total. The van der Waals surface area contributed by atoms with E-state index in [1.807, 2.05) is 0 Å². The van der Waals surface area contributed by atoms with Crippen LogP contribution in [0.15, 0.2) is 47.4 Å². The summed E-state index contributed by atoms with van der Waals surface area (Å²) < 4.78 is 53.3. The predicted molar refractivity (Wildman–Crippen MR) is 76.9 cm³/mol. The highest BCUT2D eigenvalue weighted by Crippen LogP contribution is 2.29. The van der Waals surface area contributed by atoms with Gasteiger partial charge in [-0.05, 0) is 30.3 Å². The fourth-order valence-corrected chi connectivity index (χ4v) is 2.98. The number of thioether (sulfide) groups is 1. The van der Waals surface area contributed by atoms with E-state index >= 15 is 0 Å². The lowest BCUT2D eigenvalue weighted by molar-refractivity contribution is 0.0722. The first-order valence-electron chi connectivity index (χ1n) is 6.38. The summed E-state index contributed by atoms with van der Waals surface area (Å²) in [6.45, 7) is -2.71. The van der Waals surface area contributed by atoms with Gasteiger partial charge in [-0.1, -0.05) is 12.1 Å². The quantitative estimate of drug-likeness (QED) is 0.496. The molecule has 0 radical (unpaired) electrons. The minimum atomic E-state index is -2.71. The van der Waals surface area contributed by atoms with Crippen LogP contribution in [0.1, 0.15) is 12.4 Å². The minimum absolute atomic E-state index is 0.129. The Morgan fingerprint density at radius 1 is 1.05 bits per heavy atom. The van der Waals surface area contributed by atoms with Crippen LogP contribution in [0.2, 0.25) is 0 Å². The van der Waals surface area contributed by atoms with Gasteiger partial charge in [0.2, 0.25) is 0 Å². The number of fused-ring (bicyclic) bond motifs is 1. The van der Waals surface area contributed by atoms with E-state index in [1.54, 1.807) is 24.3 Å². The number of benzene rings is 2. The summed E-state index contributed by atoms with van der Waals surface area (Å²) in [7, 11) is 0. The van der Waals surface area contributed by atoms with E-state index in [2.05, 4.69) is 4.98 Å². The maximum atomic E-state index is 13.2. The number of alkyl halides is 2. The fraction of sp³-hybridized carbons (Fsp3) is 0.133. The van der Waals surface area contributed by atoms with E-state index in [0.717, 1.165) is 28.5 Å². The molecule has 114 valence electrons. The highest BCUT2D eigenvalue weighted by molar-refractivity contribution is 7.98. The Balaban J connectivity index is 1.90. The number of aromatic nitrogens is 2. The lowest BCUT2D eigenvalue weighted by atomic mass is 10.3. The number of rotatable bonds is 4. The minimum Gasteiger partial charge on any atom is -0.269 e. The van der Waals surface area contributed by atoms with E-state index in [-0.39, 0.29) is 11.6 Å². The third-order valence-electron chi connectivity index (χ3n) is 3.12. The SMILES string of the molecule is Fc1ccc(SCc2nc3ccccc3n2C(F)F)cc1F. The highest BCUT2D eigenvalue weighted by Gasteiger charge is 2.17. The molecule has 3 aromatic rings. The molecule has 2 nitrogen and oxygen atoms in total. The number of halogens is 4. The van der Waals surface area contributed by atoms with Crippen molar-refractivity contribution in [2.24, 2.45) is 0 Å².